The van der Waals surface area contributed by atoms with E-state index < -0.39 is 4.92 Å². The molecule has 0 atom stereocenters. The summed E-state index contributed by atoms with van der Waals surface area (Å²) in [5.74, 6) is 0. The molecule has 0 radical (unpaired) electrons. The molecule has 0 fully saturated rings. The Morgan fingerprint density at radius 1 is 1.12 bits per heavy atom. The first kappa shape index (κ1) is 10.3. The number of hydrogen-bond acceptors (Lipinski definition) is 3. The standard InChI is InChI=1S/C12H10N2O2/c1-9-2-4-10(5-3-9)12-7-6-11(8-13-12)14(15)16/h2-8H,1H3. The predicted octanol–water partition coefficient (Wildman–Crippen LogP) is 2.97. The first-order chi connectivity index (χ1) is 7.66. The third-order valence-electron chi connectivity index (χ3n) is 2.31. The van der Waals surface area contributed by atoms with Crippen LogP contribution in [-0.2, 0) is 0 Å². The summed E-state index contributed by atoms with van der Waals surface area (Å²) in [6, 6.07) is 11.0. The van der Waals surface area contributed by atoms with Crippen LogP contribution in [0.1, 0.15) is 5.56 Å². The van der Waals surface area contributed by atoms with Crippen LogP contribution < -0.4 is 0 Å². The molecule has 0 spiro atoms. The van der Waals surface area contributed by atoms with Crippen molar-refractivity contribution in [2.24, 2.45) is 0 Å². The van der Waals surface area contributed by atoms with Crippen molar-refractivity contribution in [2.75, 3.05) is 0 Å². The van der Waals surface area contributed by atoms with E-state index in [0.717, 1.165) is 11.3 Å². The quantitative estimate of drug-likeness (QED) is 0.570. The predicted molar refractivity (Wildman–Crippen MR) is 61.1 cm³/mol. The minimum absolute atomic E-state index is 0.0101. The topological polar surface area (TPSA) is 56.0 Å². The largest absolute Gasteiger partial charge is 0.287 e. The third-order valence-corrected chi connectivity index (χ3v) is 2.31. The summed E-state index contributed by atoms with van der Waals surface area (Å²) in [6.07, 6.45) is 1.27. The van der Waals surface area contributed by atoms with Crippen molar-refractivity contribution in [1.29, 1.82) is 0 Å². The van der Waals surface area contributed by atoms with E-state index in [-0.39, 0.29) is 5.69 Å². The van der Waals surface area contributed by atoms with Gasteiger partial charge in [-0.3, -0.25) is 10.1 Å². The number of benzene rings is 1. The Morgan fingerprint density at radius 2 is 1.81 bits per heavy atom. The number of nitrogens with zero attached hydrogens (tertiary/aromatic N) is 2. The summed E-state index contributed by atoms with van der Waals surface area (Å²) in [4.78, 5) is 14.1. The van der Waals surface area contributed by atoms with Gasteiger partial charge in [0.1, 0.15) is 6.20 Å². The maximum atomic E-state index is 10.5. The Morgan fingerprint density at radius 3 is 2.31 bits per heavy atom. The molecule has 0 aliphatic rings. The van der Waals surface area contributed by atoms with Crippen LogP contribution in [0.25, 0.3) is 11.3 Å². The number of aryl methyl sites for hydroxylation is 1. The van der Waals surface area contributed by atoms with Gasteiger partial charge in [-0.25, -0.2) is 4.98 Å². The number of pyridine rings is 1. The zero-order valence-electron chi connectivity index (χ0n) is 8.75. The molecule has 1 heterocycles. The average Bonchev–Trinajstić information content (AvgIpc) is 2.30. The van der Waals surface area contributed by atoms with Crippen molar-refractivity contribution in [3.8, 4) is 11.3 Å². The molecule has 0 unspecified atom stereocenters. The molecule has 0 N–H and O–H groups in total. The molecule has 16 heavy (non-hydrogen) atoms. The van der Waals surface area contributed by atoms with Crippen LogP contribution in [0.2, 0.25) is 0 Å². The fraction of sp³-hybridized carbons (Fsp3) is 0.0833. The Kier molecular flexibility index (Phi) is 2.64. The van der Waals surface area contributed by atoms with Gasteiger partial charge in [0.25, 0.3) is 5.69 Å². The van der Waals surface area contributed by atoms with Gasteiger partial charge in [-0.05, 0) is 13.0 Å². The molecular formula is C12H10N2O2. The molecule has 4 heteroatoms. The van der Waals surface area contributed by atoms with E-state index in [0.29, 0.717) is 0 Å². The normalized spacial score (nSPS) is 10.1. The SMILES string of the molecule is Cc1ccc(-c2ccc([N+](=O)[O-])cn2)cc1. The molecule has 0 amide bonds. The molecule has 1 aromatic heterocycles. The monoisotopic (exact) mass is 214 g/mol. The van der Waals surface area contributed by atoms with Gasteiger partial charge >= 0.3 is 0 Å². The van der Waals surface area contributed by atoms with Crippen LogP contribution in [-0.4, -0.2) is 9.91 Å². The molecule has 1 aromatic carbocycles. The Balaban J connectivity index is 2.34. The maximum absolute atomic E-state index is 10.5. The summed E-state index contributed by atoms with van der Waals surface area (Å²) < 4.78 is 0. The van der Waals surface area contributed by atoms with E-state index in [4.69, 9.17) is 0 Å². The molecule has 2 aromatic rings. The zero-order chi connectivity index (χ0) is 11.5. The van der Waals surface area contributed by atoms with Gasteiger partial charge < -0.3 is 0 Å². The van der Waals surface area contributed by atoms with E-state index in [1.165, 1.54) is 17.8 Å². The highest BCUT2D eigenvalue weighted by Crippen LogP contribution is 2.19. The zero-order valence-corrected chi connectivity index (χ0v) is 8.75. The van der Waals surface area contributed by atoms with Crippen molar-refractivity contribution in [3.63, 3.8) is 0 Å². The summed E-state index contributed by atoms with van der Waals surface area (Å²) in [5.41, 5.74) is 2.88. The first-order valence-electron chi connectivity index (χ1n) is 4.84. The lowest BCUT2D eigenvalue weighted by atomic mass is 10.1. The van der Waals surface area contributed by atoms with E-state index in [9.17, 15) is 10.1 Å². The summed E-state index contributed by atoms with van der Waals surface area (Å²) >= 11 is 0. The minimum Gasteiger partial charge on any atom is -0.258 e. The van der Waals surface area contributed by atoms with Gasteiger partial charge in [-0.1, -0.05) is 29.8 Å². The fourth-order valence-electron chi connectivity index (χ4n) is 1.39. The molecule has 2 rings (SSSR count). The smallest absolute Gasteiger partial charge is 0.258 e. The Labute approximate surface area is 92.7 Å². The Hall–Kier alpha value is -2.23. The minimum atomic E-state index is -0.452. The molecule has 0 saturated heterocycles. The number of nitro groups is 1. The molecule has 0 aliphatic heterocycles. The van der Waals surface area contributed by atoms with Crippen LogP contribution in [0, 0.1) is 17.0 Å². The fourth-order valence-corrected chi connectivity index (χ4v) is 1.39. The van der Waals surface area contributed by atoms with Crippen molar-refractivity contribution in [2.45, 2.75) is 6.92 Å². The van der Waals surface area contributed by atoms with Gasteiger partial charge in [-0.15, -0.1) is 0 Å². The van der Waals surface area contributed by atoms with E-state index in [1.54, 1.807) is 6.07 Å². The number of rotatable bonds is 2. The third kappa shape index (κ3) is 2.06. The van der Waals surface area contributed by atoms with E-state index in [2.05, 4.69) is 4.98 Å². The van der Waals surface area contributed by atoms with Crippen molar-refractivity contribution in [1.82, 2.24) is 4.98 Å². The lowest BCUT2D eigenvalue weighted by Crippen LogP contribution is -1.90. The summed E-state index contributed by atoms with van der Waals surface area (Å²) in [7, 11) is 0. The maximum Gasteiger partial charge on any atom is 0.287 e. The number of hydrogen-bond donors (Lipinski definition) is 0. The van der Waals surface area contributed by atoms with Gasteiger partial charge in [0.2, 0.25) is 0 Å². The summed E-state index contributed by atoms with van der Waals surface area (Å²) in [6.45, 7) is 2.01. The summed E-state index contributed by atoms with van der Waals surface area (Å²) in [5, 5.41) is 10.5. The van der Waals surface area contributed by atoms with E-state index in [1.807, 2.05) is 31.2 Å². The van der Waals surface area contributed by atoms with Gasteiger partial charge in [0.05, 0.1) is 10.6 Å². The van der Waals surface area contributed by atoms with Crippen molar-refractivity contribution in [3.05, 3.63) is 58.3 Å². The lowest BCUT2D eigenvalue weighted by Gasteiger charge is -2.00. The van der Waals surface area contributed by atoms with Crippen LogP contribution in [0.3, 0.4) is 0 Å². The lowest BCUT2D eigenvalue weighted by molar-refractivity contribution is -0.385. The Bertz CT molecular complexity index is 504. The van der Waals surface area contributed by atoms with Crippen LogP contribution >= 0.6 is 0 Å². The van der Waals surface area contributed by atoms with Crippen molar-refractivity contribution >= 4 is 5.69 Å². The molecule has 0 bridgehead atoms. The second-order valence-electron chi connectivity index (χ2n) is 3.52. The van der Waals surface area contributed by atoms with Crippen LogP contribution in [0.15, 0.2) is 42.6 Å². The molecule has 0 aliphatic carbocycles. The average molecular weight is 214 g/mol. The molecule has 80 valence electrons. The highest BCUT2D eigenvalue weighted by molar-refractivity contribution is 5.60. The van der Waals surface area contributed by atoms with E-state index >= 15 is 0 Å². The molecule has 4 nitrogen and oxygen atoms in total. The first-order valence-corrected chi connectivity index (χ1v) is 4.84. The van der Waals surface area contributed by atoms with Crippen molar-refractivity contribution < 1.29 is 4.92 Å². The molecular weight excluding hydrogens is 204 g/mol. The highest BCUT2D eigenvalue weighted by atomic mass is 16.6. The second kappa shape index (κ2) is 4.10. The van der Waals surface area contributed by atoms with Crippen LogP contribution in [0.4, 0.5) is 5.69 Å². The highest BCUT2D eigenvalue weighted by Gasteiger charge is 2.05. The second-order valence-corrected chi connectivity index (χ2v) is 3.52. The van der Waals surface area contributed by atoms with Gasteiger partial charge in [0.15, 0.2) is 0 Å². The molecule has 0 saturated carbocycles. The van der Waals surface area contributed by atoms with Gasteiger partial charge in [-0.2, -0.15) is 0 Å². The van der Waals surface area contributed by atoms with Crippen LogP contribution in [0.5, 0.6) is 0 Å². The van der Waals surface area contributed by atoms with Gasteiger partial charge in [0, 0.05) is 11.6 Å². The number of aromatic nitrogens is 1.